The van der Waals surface area contributed by atoms with Gasteiger partial charge in [0, 0.05) is 31.6 Å². The van der Waals surface area contributed by atoms with Crippen LogP contribution < -0.4 is 11.0 Å². The van der Waals surface area contributed by atoms with Crippen molar-refractivity contribution in [2.24, 2.45) is 0 Å². The van der Waals surface area contributed by atoms with Crippen molar-refractivity contribution in [3.8, 4) is 0 Å². The number of halogens is 1. The lowest BCUT2D eigenvalue weighted by molar-refractivity contribution is -0.383. The van der Waals surface area contributed by atoms with Gasteiger partial charge in [0.15, 0.2) is 10.6 Å². The second-order valence-electron chi connectivity index (χ2n) is 6.61. The number of nitro benzene ring substituents is 1. The molecule has 0 amide bonds. The van der Waals surface area contributed by atoms with Gasteiger partial charge in [0.1, 0.15) is 5.82 Å². The SMILES string of the molecule is CSc1nc2c(c(=O)[nH]1)CN(Cc1coc3c([N+](=O)[O-])cc(F)cc3c1=O)CC2. The third kappa shape index (κ3) is 3.54. The van der Waals surface area contributed by atoms with Crippen LogP contribution in [-0.2, 0) is 19.5 Å². The molecule has 150 valence electrons. The van der Waals surface area contributed by atoms with Crippen LogP contribution in [0.1, 0.15) is 16.8 Å². The van der Waals surface area contributed by atoms with Crippen molar-refractivity contribution in [1.29, 1.82) is 0 Å². The molecule has 0 spiro atoms. The molecule has 3 heterocycles. The highest BCUT2D eigenvalue weighted by atomic mass is 32.2. The van der Waals surface area contributed by atoms with Crippen LogP contribution in [0.3, 0.4) is 0 Å². The summed E-state index contributed by atoms with van der Waals surface area (Å²) in [7, 11) is 0. The monoisotopic (exact) mass is 418 g/mol. The van der Waals surface area contributed by atoms with Gasteiger partial charge in [-0.05, 0) is 12.3 Å². The Morgan fingerprint density at radius 1 is 1.41 bits per heavy atom. The topological polar surface area (TPSA) is 122 Å². The summed E-state index contributed by atoms with van der Waals surface area (Å²) in [5.41, 5.74) is -0.113. The molecular weight excluding hydrogens is 403 g/mol. The van der Waals surface area contributed by atoms with Gasteiger partial charge in [0.05, 0.1) is 33.9 Å². The van der Waals surface area contributed by atoms with Crippen LogP contribution in [-0.4, -0.2) is 32.6 Å². The van der Waals surface area contributed by atoms with Gasteiger partial charge >= 0.3 is 5.69 Å². The number of benzene rings is 1. The summed E-state index contributed by atoms with van der Waals surface area (Å²) in [6.07, 6.45) is 3.53. The lowest BCUT2D eigenvalue weighted by atomic mass is 10.1. The van der Waals surface area contributed by atoms with E-state index in [0.717, 1.165) is 18.0 Å². The van der Waals surface area contributed by atoms with E-state index in [0.29, 0.717) is 36.3 Å². The molecule has 0 aliphatic carbocycles. The van der Waals surface area contributed by atoms with E-state index in [1.807, 2.05) is 11.2 Å². The number of nitro groups is 1. The lowest BCUT2D eigenvalue weighted by Crippen LogP contribution is -2.36. The van der Waals surface area contributed by atoms with Gasteiger partial charge in [0.2, 0.25) is 5.58 Å². The number of rotatable bonds is 4. The van der Waals surface area contributed by atoms with E-state index < -0.39 is 21.9 Å². The predicted molar refractivity (Wildman–Crippen MR) is 104 cm³/mol. The molecule has 3 aromatic rings. The Kier molecular flexibility index (Phi) is 4.92. The number of hydrogen-bond acceptors (Lipinski definition) is 8. The highest BCUT2D eigenvalue weighted by molar-refractivity contribution is 7.98. The van der Waals surface area contributed by atoms with Crippen LogP contribution in [0, 0.1) is 15.9 Å². The summed E-state index contributed by atoms with van der Waals surface area (Å²) in [6.45, 7) is 1.02. The van der Waals surface area contributed by atoms with Crippen molar-refractivity contribution < 1.29 is 13.7 Å². The smallest absolute Gasteiger partial charge is 0.315 e. The molecule has 0 radical (unpaired) electrons. The van der Waals surface area contributed by atoms with Crippen molar-refractivity contribution in [3.05, 3.63) is 71.7 Å². The first-order valence-corrected chi connectivity index (χ1v) is 9.86. The van der Waals surface area contributed by atoms with Gasteiger partial charge in [-0.1, -0.05) is 11.8 Å². The molecule has 0 bridgehead atoms. The zero-order valence-corrected chi connectivity index (χ0v) is 16.0. The maximum Gasteiger partial charge on any atom is 0.315 e. The second-order valence-corrected chi connectivity index (χ2v) is 7.40. The Morgan fingerprint density at radius 3 is 2.93 bits per heavy atom. The number of nitrogens with zero attached hydrogens (tertiary/aromatic N) is 3. The highest BCUT2D eigenvalue weighted by Crippen LogP contribution is 2.26. The fourth-order valence-corrected chi connectivity index (χ4v) is 3.80. The van der Waals surface area contributed by atoms with Crippen LogP contribution in [0.15, 0.2) is 37.6 Å². The quantitative estimate of drug-likeness (QED) is 0.296. The first-order valence-electron chi connectivity index (χ1n) is 8.64. The molecule has 1 aliphatic rings. The van der Waals surface area contributed by atoms with Crippen LogP contribution in [0.2, 0.25) is 0 Å². The maximum absolute atomic E-state index is 13.8. The number of fused-ring (bicyclic) bond motifs is 2. The summed E-state index contributed by atoms with van der Waals surface area (Å²) in [5.74, 6) is -0.886. The first-order chi connectivity index (χ1) is 13.9. The normalized spacial score (nSPS) is 14.1. The van der Waals surface area contributed by atoms with Crippen LogP contribution in [0.5, 0.6) is 0 Å². The van der Waals surface area contributed by atoms with Gasteiger partial charge < -0.3 is 9.40 Å². The average molecular weight is 418 g/mol. The molecule has 0 unspecified atom stereocenters. The predicted octanol–water partition coefficient (Wildman–Crippen LogP) is 2.20. The van der Waals surface area contributed by atoms with Crippen LogP contribution in [0.4, 0.5) is 10.1 Å². The van der Waals surface area contributed by atoms with Gasteiger partial charge in [-0.25, -0.2) is 9.37 Å². The molecule has 4 rings (SSSR count). The number of aromatic nitrogens is 2. The third-order valence-electron chi connectivity index (χ3n) is 4.80. The minimum absolute atomic E-state index is 0.158. The largest absolute Gasteiger partial charge is 0.456 e. The van der Waals surface area contributed by atoms with Crippen molar-refractivity contribution in [3.63, 3.8) is 0 Å². The molecule has 11 heteroatoms. The zero-order chi connectivity index (χ0) is 20.7. The molecule has 2 aromatic heterocycles. The van der Waals surface area contributed by atoms with E-state index in [-0.39, 0.29) is 28.6 Å². The fourth-order valence-electron chi connectivity index (χ4n) is 3.40. The summed E-state index contributed by atoms with van der Waals surface area (Å²) in [5, 5.41) is 11.5. The molecule has 9 nitrogen and oxygen atoms in total. The van der Waals surface area contributed by atoms with E-state index in [1.54, 1.807) is 0 Å². The first kappa shape index (κ1) is 19.3. The number of nitrogens with one attached hydrogen (secondary N) is 1. The summed E-state index contributed by atoms with van der Waals surface area (Å²) in [4.78, 5) is 44.4. The summed E-state index contributed by atoms with van der Waals surface area (Å²) < 4.78 is 19.1. The molecule has 1 aromatic carbocycles. The summed E-state index contributed by atoms with van der Waals surface area (Å²) in [6, 6.07) is 1.65. The molecule has 0 saturated heterocycles. The van der Waals surface area contributed by atoms with Gasteiger partial charge in [0.25, 0.3) is 5.56 Å². The van der Waals surface area contributed by atoms with Crippen LogP contribution >= 0.6 is 11.8 Å². The number of non-ortho nitro benzene ring substituents is 1. The number of aromatic amines is 1. The van der Waals surface area contributed by atoms with E-state index in [2.05, 4.69) is 9.97 Å². The Labute approximate surface area is 166 Å². The Hall–Kier alpha value is -3.05. The molecule has 1 N–H and O–H groups in total. The average Bonchev–Trinajstić information content (AvgIpc) is 2.70. The van der Waals surface area contributed by atoms with E-state index in [1.165, 1.54) is 11.8 Å². The highest BCUT2D eigenvalue weighted by Gasteiger charge is 2.24. The van der Waals surface area contributed by atoms with Crippen molar-refractivity contribution in [2.75, 3.05) is 12.8 Å². The summed E-state index contributed by atoms with van der Waals surface area (Å²) >= 11 is 1.35. The molecule has 0 saturated carbocycles. The minimum Gasteiger partial charge on any atom is -0.456 e. The van der Waals surface area contributed by atoms with E-state index in [9.17, 15) is 24.1 Å². The number of thioether (sulfide) groups is 1. The molecule has 1 aliphatic heterocycles. The van der Waals surface area contributed by atoms with Crippen molar-refractivity contribution in [2.45, 2.75) is 24.7 Å². The number of hydrogen-bond donors (Lipinski definition) is 1. The number of H-pyrrole nitrogens is 1. The minimum atomic E-state index is -0.886. The molecule has 0 fully saturated rings. The van der Waals surface area contributed by atoms with Crippen LogP contribution in [0.25, 0.3) is 11.0 Å². The Balaban J connectivity index is 1.67. The van der Waals surface area contributed by atoms with E-state index in [4.69, 9.17) is 4.42 Å². The second kappa shape index (κ2) is 7.41. The Bertz CT molecular complexity index is 1260. The van der Waals surface area contributed by atoms with E-state index >= 15 is 0 Å². The maximum atomic E-state index is 13.8. The fraction of sp³-hybridized carbons (Fsp3) is 0.278. The molecule has 0 atom stereocenters. The molecular formula is C18H15FN4O5S. The van der Waals surface area contributed by atoms with Gasteiger partial charge in [-0.2, -0.15) is 0 Å². The van der Waals surface area contributed by atoms with Crippen molar-refractivity contribution in [1.82, 2.24) is 14.9 Å². The molecule has 29 heavy (non-hydrogen) atoms. The van der Waals surface area contributed by atoms with Gasteiger partial charge in [-0.15, -0.1) is 0 Å². The standard InChI is InChI=1S/C18H15FN4O5S/c1-29-18-20-13-2-3-22(7-12(13)17(25)21-18)6-9-8-28-16-11(15(9)24)4-10(19)5-14(16)23(26)27/h4-5,8H,2-3,6-7H2,1H3,(H,20,21,25). The third-order valence-corrected chi connectivity index (χ3v) is 5.38. The lowest BCUT2D eigenvalue weighted by Gasteiger charge is -2.27. The van der Waals surface area contributed by atoms with Gasteiger partial charge in [-0.3, -0.25) is 24.6 Å². The van der Waals surface area contributed by atoms with Crippen molar-refractivity contribution >= 4 is 28.4 Å². The zero-order valence-electron chi connectivity index (χ0n) is 15.2. The Morgan fingerprint density at radius 2 is 2.21 bits per heavy atom.